The van der Waals surface area contributed by atoms with Crippen LogP contribution in [0.25, 0.3) is 0 Å². The van der Waals surface area contributed by atoms with Gasteiger partial charge in [0.1, 0.15) is 3.79 Å². The molecule has 0 saturated heterocycles. The van der Waals surface area contributed by atoms with E-state index in [9.17, 15) is 19.1 Å². The Morgan fingerprint density at radius 2 is 2.00 bits per heavy atom. The fourth-order valence-electron chi connectivity index (χ4n) is 1.65. The van der Waals surface area contributed by atoms with Crippen molar-refractivity contribution in [2.24, 2.45) is 0 Å². The minimum atomic E-state index is -4.58. The third-order valence-electron chi connectivity index (χ3n) is 2.54. The van der Waals surface area contributed by atoms with Crippen molar-refractivity contribution in [1.29, 1.82) is 0 Å². The zero-order valence-electron chi connectivity index (χ0n) is 10.4. The average molecular weight is 392 g/mol. The Balaban J connectivity index is 2.30. The molecule has 0 fully saturated rings. The molecule has 21 heavy (non-hydrogen) atoms. The summed E-state index contributed by atoms with van der Waals surface area (Å²) in [5, 5.41) is 2.48. The lowest BCUT2D eigenvalue weighted by Crippen LogP contribution is -2.29. The minimum absolute atomic E-state index is 0.00752. The first-order valence-electron chi connectivity index (χ1n) is 5.62. The summed E-state index contributed by atoms with van der Waals surface area (Å²) < 4.78 is 12.0. The Morgan fingerprint density at radius 1 is 1.38 bits per heavy atom. The molecule has 0 aliphatic rings. The number of hydrogen-bond donors (Lipinski definition) is 4. The van der Waals surface area contributed by atoms with E-state index >= 15 is 0 Å². The molecule has 2 aromatic rings. The zero-order valence-corrected chi connectivity index (χ0v) is 13.7. The molecule has 2 rings (SSSR count). The van der Waals surface area contributed by atoms with Crippen molar-refractivity contribution in [2.45, 2.75) is 5.78 Å². The van der Waals surface area contributed by atoms with Gasteiger partial charge in [0.05, 0.1) is 0 Å². The van der Waals surface area contributed by atoms with Crippen LogP contribution in [0, 0.1) is 0 Å². The van der Waals surface area contributed by atoms with Gasteiger partial charge in [-0.15, -0.1) is 0 Å². The van der Waals surface area contributed by atoms with E-state index in [-0.39, 0.29) is 10.8 Å². The molecule has 0 radical (unpaired) electrons. The summed E-state index contributed by atoms with van der Waals surface area (Å²) in [5.74, 6) is -2.16. The molecular formula is C11H11BrN3O4PS. The fraction of sp³-hybridized carbons (Fsp3) is 0.0909. The van der Waals surface area contributed by atoms with Crippen molar-refractivity contribution in [2.75, 3.05) is 5.73 Å². The van der Waals surface area contributed by atoms with Crippen LogP contribution in [0.15, 0.2) is 34.1 Å². The number of carbonyl (C=O) groups is 1. The van der Waals surface area contributed by atoms with Crippen molar-refractivity contribution in [3.05, 3.63) is 45.4 Å². The summed E-state index contributed by atoms with van der Waals surface area (Å²) in [5.41, 5.74) is 5.79. The average Bonchev–Trinajstić information content (AvgIpc) is 2.74. The highest BCUT2D eigenvalue weighted by Gasteiger charge is 2.33. The summed E-state index contributed by atoms with van der Waals surface area (Å²) in [4.78, 5) is 34.8. The van der Waals surface area contributed by atoms with Crippen LogP contribution in [-0.2, 0) is 4.57 Å². The lowest BCUT2D eigenvalue weighted by atomic mass is 10.2. The van der Waals surface area contributed by atoms with E-state index in [0.29, 0.717) is 9.35 Å². The van der Waals surface area contributed by atoms with Gasteiger partial charge < -0.3 is 20.8 Å². The van der Waals surface area contributed by atoms with Crippen molar-refractivity contribution >= 4 is 45.9 Å². The molecule has 1 heterocycles. The van der Waals surface area contributed by atoms with Gasteiger partial charge in [-0.25, -0.2) is 4.98 Å². The maximum atomic E-state index is 12.1. The van der Waals surface area contributed by atoms with Crippen molar-refractivity contribution < 1.29 is 19.1 Å². The van der Waals surface area contributed by atoms with E-state index in [2.05, 4.69) is 26.2 Å². The van der Waals surface area contributed by atoms with E-state index in [1.165, 1.54) is 12.1 Å². The van der Waals surface area contributed by atoms with Crippen LogP contribution in [-0.4, -0.2) is 20.7 Å². The molecular weight excluding hydrogens is 381 g/mol. The Bertz CT molecular complexity index is 703. The molecule has 0 spiro atoms. The highest BCUT2D eigenvalue weighted by atomic mass is 79.9. The van der Waals surface area contributed by atoms with Gasteiger partial charge in [-0.05, 0) is 21.5 Å². The normalized spacial score (nSPS) is 12.9. The molecule has 0 saturated carbocycles. The van der Waals surface area contributed by atoms with E-state index in [0.717, 1.165) is 11.3 Å². The number of carbonyl (C=O) groups excluding carboxylic acids is 1. The predicted molar refractivity (Wildman–Crippen MR) is 82.9 cm³/mol. The van der Waals surface area contributed by atoms with Gasteiger partial charge in [0.25, 0.3) is 5.91 Å². The number of thiazole rings is 1. The third kappa shape index (κ3) is 3.90. The Hall–Kier alpha value is -1.25. The molecule has 5 N–H and O–H groups in total. The monoisotopic (exact) mass is 391 g/mol. The van der Waals surface area contributed by atoms with Crippen LogP contribution >= 0.6 is 34.9 Å². The molecule has 1 atom stereocenters. The number of nitrogens with one attached hydrogen (secondary N) is 1. The van der Waals surface area contributed by atoms with Crippen molar-refractivity contribution in [3.8, 4) is 0 Å². The van der Waals surface area contributed by atoms with Crippen LogP contribution in [0.3, 0.4) is 0 Å². The number of nitrogens with zero attached hydrogens (tertiary/aromatic N) is 1. The van der Waals surface area contributed by atoms with Gasteiger partial charge in [0, 0.05) is 0 Å². The summed E-state index contributed by atoms with van der Waals surface area (Å²) in [6, 6.07) is 8.00. The van der Waals surface area contributed by atoms with Crippen LogP contribution < -0.4 is 11.1 Å². The SMILES string of the molecule is Nc1nc(C(=O)NC(c2ccccc2)P(=O)(O)O)c(Br)s1. The lowest BCUT2D eigenvalue weighted by Gasteiger charge is -2.19. The highest BCUT2D eigenvalue weighted by molar-refractivity contribution is 9.11. The number of nitrogens with two attached hydrogens (primary N) is 1. The number of aromatic nitrogens is 1. The van der Waals surface area contributed by atoms with Crippen molar-refractivity contribution in [3.63, 3.8) is 0 Å². The maximum Gasteiger partial charge on any atom is 0.352 e. The number of hydrogen-bond acceptors (Lipinski definition) is 5. The lowest BCUT2D eigenvalue weighted by molar-refractivity contribution is 0.0938. The smallest absolute Gasteiger partial charge is 0.352 e. The predicted octanol–water partition coefficient (Wildman–Crippen LogP) is 2.09. The molecule has 0 aliphatic heterocycles. The van der Waals surface area contributed by atoms with Crippen molar-refractivity contribution in [1.82, 2.24) is 10.3 Å². The van der Waals surface area contributed by atoms with Crippen LogP contribution in [0.2, 0.25) is 0 Å². The largest absolute Gasteiger partial charge is 0.375 e. The van der Waals surface area contributed by atoms with Crippen LogP contribution in [0.5, 0.6) is 0 Å². The Kier molecular flexibility index (Phi) is 4.80. The fourth-order valence-corrected chi connectivity index (χ4v) is 3.81. The summed E-state index contributed by atoms with van der Waals surface area (Å²) in [7, 11) is -4.58. The molecule has 1 amide bonds. The number of amides is 1. The molecule has 112 valence electrons. The number of benzene rings is 1. The number of halogens is 1. The number of nitrogen functional groups attached to an aromatic ring is 1. The topological polar surface area (TPSA) is 126 Å². The van der Waals surface area contributed by atoms with Gasteiger partial charge in [-0.1, -0.05) is 41.7 Å². The molecule has 0 bridgehead atoms. The van der Waals surface area contributed by atoms with E-state index < -0.39 is 19.3 Å². The number of anilines is 1. The minimum Gasteiger partial charge on any atom is -0.375 e. The molecule has 7 nitrogen and oxygen atoms in total. The quantitative estimate of drug-likeness (QED) is 0.591. The second kappa shape index (κ2) is 6.25. The van der Waals surface area contributed by atoms with Gasteiger partial charge in [0.2, 0.25) is 0 Å². The van der Waals surface area contributed by atoms with E-state index in [1.807, 2.05) is 0 Å². The van der Waals surface area contributed by atoms with Gasteiger partial charge in [-0.2, -0.15) is 0 Å². The summed E-state index contributed by atoms with van der Waals surface area (Å²) in [6.07, 6.45) is 0. The Labute approximate surface area is 132 Å². The zero-order chi connectivity index (χ0) is 15.6. The second-order valence-electron chi connectivity index (χ2n) is 4.05. The molecule has 1 aromatic carbocycles. The van der Waals surface area contributed by atoms with Crippen LogP contribution in [0.1, 0.15) is 21.8 Å². The number of rotatable bonds is 4. The maximum absolute atomic E-state index is 12.1. The van der Waals surface area contributed by atoms with E-state index in [4.69, 9.17) is 5.73 Å². The first-order chi connectivity index (χ1) is 9.79. The molecule has 10 heteroatoms. The summed E-state index contributed by atoms with van der Waals surface area (Å²) >= 11 is 4.19. The Morgan fingerprint density at radius 3 is 2.48 bits per heavy atom. The molecule has 0 aliphatic carbocycles. The van der Waals surface area contributed by atoms with Gasteiger partial charge in [0.15, 0.2) is 16.6 Å². The van der Waals surface area contributed by atoms with Gasteiger partial charge in [-0.3, -0.25) is 9.36 Å². The first-order valence-corrected chi connectivity index (χ1v) is 8.91. The third-order valence-corrected chi connectivity index (χ3v) is 5.17. The highest BCUT2D eigenvalue weighted by Crippen LogP contribution is 2.50. The molecule has 1 aromatic heterocycles. The van der Waals surface area contributed by atoms with Crippen LogP contribution in [0.4, 0.5) is 5.13 Å². The summed E-state index contributed by atoms with van der Waals surface area (Å²) in [6.45, 7) is 0. The first kappa shape index (κ1) is 16.1. The molecule has 1 unspecified atom stereocenters. The van der Waals surface area contributed by atoms with Gasteiger partial charge >= 0.3 is 7.60 Å². The van der Waals surface area contributed by atoms with E-state index in [1.54, 1.807) is 18.2 Å². The standard InChI is InChI=1S/C11H11BrN3O4PS/c12-8-7(14-11(13)21-8)9(16)15-10(20(17,18)19)6-4-2-1-3-5-6/h1-5,10H,(H2,13,14)(H,15,16)(H2,17,18,19). The second-order valence-corrected chi connectivity index (χ2v) is 8.09.